The third-order valence-electron chi connectivity index (χ3n) is 5.74. The molecule has 0 spiro atoms. The first kappa shape index (κ1) is 20.2. The summed E-state index contributed by atoms with van der Waals surface area (Å²) in [6.07, 6.45) is 6.56. The molecule has 30 heavy (non-hydrogen) atoms. The van der Waals surface area contributed by atoms with Crippen LogP contribution in [-0.2, 0) is 19.4 Å². The van der Waals surface area contributed by atoms with Gasteiger partial charge in [0.2, 0.25) is 0 Å². The number of aliphatic hydroxyl groups excluding tert-OH is 1. The summed E-state index contributed by atoms with van der Waals surface area (Å²) in [5.41, 5.74) is 12.0. The van der Waals surface area contributed by atoms with Gasteiger partial charge in [0.25, 0.3) is 5.91 Å². The molecular formula is C22H28N6O2. The van der Waals surface area contributed by atoms with E-state index < -0.39 is 5.91 Å². The number of hydrogen-bond donors (Lipinski definition) is 3. The van der Waals surface area contributed by atoms with Crippen molar-refractivity contribution in [2.24, 2.45) is 11.1 Å². The molecule has 2 aromatic heterocycles. The standard InChI is InChI=1S/C22H28N6O2/c1-14-17-6-7-22(2,3)11-20(17)28(26-14)16-4-5-18(21(23)30)19(10-16)25-15-12-24-27(13-15)8-9-29/h4-5,10,12-13,25,29H,6-9,11H2,1-3H3,(H2,23,30). The summed E-state index contributed by atoms with van der Waals surface area (Å²) in [6, 6.07) is 5.52. The molecular weight excluding hydrogens is 380 g/mol. The molecule has 0 bridgehead atoms. The van der Waals surface area contributed by atoms with Crippen molar-refractivity contribution in [3.05, 3.63) is 53.1 Å². The predicted octanol–water partition coefficient (Wildman–Crippen LogP) is 2.73. The Hall–Kier alpha value is -3.13. The number of primary amides is 1. The molecule has 0 fully saturated rings. The van der Waals surface area contributed by atoms with Gasteiger partial charge in [0.05, 0.1) is 47.7 Å². The van der Waals surface area contributed by atoms with E-state index in [1.165, 1.54) is 11.3 Å². The highest BCUT2D eigenvalue weighted by molar-refractivity contribution is 5.99. The maximum Gasteiger partial charge on any atom is 0.250 e. The molecule has 0 saturated carbocycles. The lowest BCUT2D eigenvalue weighted by Gasteiger charge is -2.30. The smallest absolute Gasteiger partial charge is 0.250 e. The van der Waals surface area contributed by atoms with Crippen LogP contribution in [0, 0.1) is 12.3 Å². The minimum Gasteiger partial charge on any atom is -0.394 e. The molecule has 8 nitrogen and oxygen atoms in total. The van der Waals surface area contributed by atoms with Crippen LogP contribution in [0.5, 0.6) is 0 Å². The number of anilines is 2. The zero-order valence-electron chi connectivity index (χ0n) is 17.6. The van der Waals surface area contributed by atoms with Crippen LogP contribution in [-0.4, -0.2) is 37.2 Å². The molecule has 3 aromatic rings. The van der Waals surface area contributed by atoms with Gasteiger partial charge < -0.3 is 16.2 Å². The first-order chi connectivity index (χ1) is 14.3. The van der Waals surface area contributed by atoms with E-state index in [2.05, 4.69) is 31.2 Å². The number of aryl methyl sites for hydroxylation is 1. The first-order valence-corrected chi connectivity index (χ1v) is 10.2. The van der Waals surface area contributed by atoms with Crippen LogP contribution in [0.25, 0.3) is 5.69 Å². The Kier molecular flexibility index (Phi) is 5.11. The van der Waals surface area contributed by atoms with Crippen LogP contribution >= 0.6 is 0 Å². The molecule has 1 amide bonds. The second kappa shape index (κ2) is 7.60. The third kappa shape index (κ3) is 3.82. The van der Waals surface area contributed by atoms with Crippen LogP contribution in [0.4, 0.5) is 11.4 Å². The molecule has 0 radical (unpaired) electrons. The molecule has 0 saturated heterocycles. The number of benzene rings is 1. The van der Waals surface area contributed by atoms with Crippen molar-refractivity contribution >= 4 is 17.3 Å². The second-order valence-electron chi connectivity index (χ2n) is 8.70. The van der Waals surface area contributed by atoms with Crippen molar-refractivity contribution in [3.63, 3.8) is 0 Å². The SMILES string of the molecule is Cc1nn(-c2ccc(C(N)=O)c(Nc3cnn(CCO)c3)c2)c2c1CCC(C)(C)C2. The van der Waals surface area contributed by atoms with Crippen molar-refractivity contribution in [2.75, 3.05) is 11.9 Å². The maximum absolute atomic E-state index is 12.0. The van der Waals surface area contributed by atoms with Crippen LogP contribution in [0.3, 0.4) is 0 Å². The molecule has 0 unspecified atom stereocenters. The molecule has 1 aliphatic carbocycles. The summed E-state index contributed by atoms with van der Waals surface area (Å²) in [7, 11) is 0. The van der Waals surface area contributed by atoms with Gasteiger partial charge in [0.15, 0.2) is 0 Å². The second-order valence-corrected chi connectivity index (χ2v) is 8.70. The quantitative estimate of drug-likeness (QED) is 0.581. The Morgan fingerprint density at radius 1 is 1.37 bits per heavy atom. The van der Waals surface area contributed by atoms with Gasteiger partial charge in [-0.3, -0.25) is 9.48 Å². The number of nitrogens with two attached hydrogens (primary N) is 1. The normalized spacial score (nSPS) is 15.1. The fraction of sp³-hybridized carbons (Fsp3) is 0.409. The van der Waals surface area contributed by atoms with Crippen molar-refractivity contribution < 1.29 is 9.90 Å². The molecule has 1 aliphatic rings. The van der Waals surface area contributed by atoms with E-state index in [1.807, 2.05) is 16.8 Å². The number of nitrogens with one attached hydrogen (secondary N) is 1. The van der Waals surface area contributed by atoms with Crippen molar-refractivity contribution in [2.45, 2.75) is 46.6 Å². The summed E-state index contributed by atoms with van der Waals surface area (Å²) in [6.45, 7) is 7.04. The Bertz CT molecular complexity index is 1100. The number of aliphatic hydroxyl groups is 1. The van der Waals surface area contributed by atoms with Gasteiger partial charge in [-0.05, 0) is 55.4 Å². The van der Waals surface area contributed by atoms with Gasteiger partial charge in [0.1, 0.15) is 0 Å². The minimum absolute atomic E-state index is 0.00322. The van der Waals surface area contributed by atoms with Crippen molar-refractivity contribution in [3.8, 4) is 5.69 Å². The lowest BCUT2D eigenvalue weighted by molar-refractivity contribution is 0.100. The fourth-order valence-electron chi connectivity index (χ4n) is 4.12. The number of hydrogen-bond acceptors (Lipinski definition) is 5. The maximum atomic E-state index is 12.0. The highest BCUT2D eigenvalue weighted by Gasteiger charge is 2.30. The molecule has 4 N–H and O–H groups in total. The van der Waals surface area contributed by atoms with E-state index in [4.69, 9.17) is 15.9 Å². The Morgan fingerprint density at radius 2 is 2.17 bits per heavy atom. The van der Waals surface area contributed by atoms with Gasteiger partial charge in [-0.2, -0.15) is 10.2 Å². The molecule has 0 aliphatic heterocycles. The van der Waals surface area contributed by atoms with Crippen LogP contribution in [0.15, 0.2) is 30.6 Å². The third-order valence-corrected chi connectivity index (χ3v) is 5.74. The highest BCUT2D eigenvalue weighted by atomic mass is 16.3. The summed E-state index contributed by atoms with van der Waals surface area (Å²) in [5.74, 6) is -0.508. The van der Waals surface area contributed by atoms with Crippen molar-refractivity contribution in [1.82, 2.24) is 19.6 Å². The van der Waals surface area contributed by atoms with Crippen LogP contribution in [0.2, 0.25) is 0 Å². The summed E-state index contributed by atoms with van der Waals surface area (Å²) in [4.78, 5) is 12.0. The largest absolute Gasteiger partial charge is 0.394 e. The Balaban J connectivity index is 1.74. The van der Waals surface area contributed by atoms with Gasteiger partial charge >= 0.3 is 0 Å². The number of amides is 1. The lowest BCUT2D eigenvalue weighted by Crippen LogP contribution is -2.24. The van der Waals surface area contributed by atoms with Gasteiger partial charge in [-0.1, -0.05) is 13.8 Å². The average molecular weight is 409 g/mol. The number of fused-ring (bicyclic) bond motifs is 1. The van der Waals surface area contributed by atoms with E-state index in [0.717, 1.165) is 30.6 Å². The zero-order chi connectivity index (χ0) is 21.5. The number of carbonyl (C=O) groups excluding carboxylic acids is 1. The van der Waals surface area contributed by atoms with E-state index in [9.17, 15) is 4.79 Å². The molecule has 8 heteroatoms. The Morgan fingerprint density at radius 3 is 2.90 bits per heavy atom. The number of rotatable bonds is 6. The summed E-state index contributed by atoms with van der Waals surface area (Å²) in [5, 5.41) is 21.3. The number of aromatic nitrogens is 4. The topological polar surface area (TPSA) is 111 Å². The van der Waals surface area contributed by atoms with Crippen molar-refractivity contribution in [1.29, 1.82) is 0 Å². The van der Waals surface area contributed by atoms with E-state index in [0.29, 0.717) is 23.5 Å². The van der Waals surface area contributed by atoms with E-state index in [-0.39, 0.29) is 12.0 Å². The molecule has 4 rings (SSSR count). The zero-order valence-corrected chi connectivity index (χ0v) is 17.6. The van der Waals surface area contributed by atoms with Crippen LogP contribution < -0.4 is 11.1 Å². The first-order valence-electron chi connectivity index (χ1n) is 10.2. The number of nitrogens with zero attached hydrogens (tertiary/aromatic N) is 4. The number of carbonyl (C=O) groups is 1. The van der Waals surface area contributed by atoms with E-state index in [1.54, 1.807) is 23.1 Å². The fourth-order valence-corrected chi connectivity index (χ4v) is 4.12. The van der Waals surface area contributed by atoms with Crippen LogP contribution in [0.1, 0.15) is 47.6 Å². The minimum atomic E-state index is -0.508. The molecule has 2 heterocycles. The van der Waals surface area contributed by atoms with Gasteiger partial charge in [-0.25, -0.2) is 4.68 Å². The average Bonchev–Trinajstić information content (AvgIpc) is 3.25. The molecule has 0 atom stereocenters. The monoisotopic (exact) mass is 408 g/mol. The van der Waals surface area contributed by atoms with E-state index >= 15 is 0 Å². The lowest BCUT2D eigenvalue weighted by atomic mass is 9.76. The molecule has 158 valence electrons. The van der Waals surface area contributed by atoms with Gasteiger partial charge in [-0.15, -0.1) is 0 Å². The molecule has 1 aromatic carbocycles. The highest BCUT2D eigenvalue weighted by Crippen LogP contribution is 2.37. The Labute approximate surface area is 175 Å². The van der Waals surface area contributed by atoms with Gasteiger partial charge in [0, 0.05) is 11.9 Å². The summed E-state index contributed by atoms with van der Waals surface area (Å²) >= 11 is 0. The predicted molar refractivity (Wildman–Crippen MR) is 115 cm³/mol. The summed E-state index contributed by atoms with van der Waals surface area (Å²) < 4.78 is 3.63.